The van der Waals surface area contributed by atoms with Crippen molar-refractivity contribution in [1.29, 1.82) is 0 Å². The molecule has 1 fully saturated rings. The van der Waals surface area contributed by atoms with Gasteiger partial charge in [0.1, 0.15) is 5.82 Å². The zero-order chi connectivity index (χ0) is 26.2. The number of benzene rings is 1. The lowest BCUT2D eigenvalue weighted by molar-refractivity contribution is 0.628. The van der Waals surface area contributed by atoms with Gasteiger partial charge in [-0.25, -0.2) is 9.37 Å². The first-order chi connectivity index (χ1) is 18.5. The molecule has 1 saturated carbocycles. The standard InChI is InChI=1S/C31H27FN6/c1-4-19(14-24(5-2)35-18(3)20-9-10-20)22-15-26-30(37-38-31(26)34-17-22)28-16-25-27(36-28)11-12-33-29(25)21-7-6-8-23(32)13-21/h4-8,11-17,20,35-36H,2-3,9-10H2,1H3,(H,34,37,38)/b19-4+,24-14+. The van der Waals surface area contributed by atoms with Crippen molar-refractivity contribution < 1.29 is 4.39 Å². The molecular formula is C31H27FN6. The molecule has 4 heterocycles. The molecule has 1 aliphatic rings. The van der Waals surface area contributed by atoms with Crippen LogP contribution < -0.4 is 5.32 Å². The van der Waals surface area contributed by atoms with Crippen molar-refractivity contribution in [3.63, 3.8) is 0 Å². The molecule has 0 amide bonds. The molecule has 0 aliphatic heterocycles. The summed E-state index contributed by atoms with van der Waals surface area (Å²) in [5, 5.41) is 12.8. The van der Waals surface area contributed by atoms with Crippen LogP contribution in [0.3, 0.4) is 0 Å². The Hall–Kier alpha value is -4.78. The van der Waals surface area contributed by atoms with Gasteiger partial charge >= 0.3 is 0 Å². The van der Waals surface area contributed by atoms with E-state index < -0.39 is 0 Å². The van der Waals surface area contributed by atoms with E-state index in [1.807, 2.05) is 37.4 Å². The van der Waals surface area contributed by atoms with E-state index in [0.717, 1.165) is 55.8 Å². The maximum atomic E-state index is 13.9. The number of nitrogens with one attached hydrogen (secondary N) is 3. The summed E-state index contributed by atoms with van der Waals surface area (Å²) in [4.78, 5) is 12.6. The van der Waals surface area contributed by atoms with Gasteiger partial charge in [-0.15, -0.1) is 0 Å². The van der Waals surface area contributed by atoms with Gasteiger partial charge in [-0.1, -0.05) is 31.4 Å². The molecular weight excluding hydrogens is 475 g/mol. The van der Waals surface area contributed by atoms with Crippen molar-refractivity contribution in [3.8, 4) is 22.6 Å². The lowest BCUT2D eigenvalue weighted by atomic mass is 10.0. The van der Waals surface area contributed by atoms with E-state index in [-0.39, 0.29) is 5.82 Å². The van der Waals surface area contributed by atoms with Crippen LogP contribution in [0.15, 0.2) is 97.6 Å². The third-order valence-corrected chi connectivity index (χ3v) is 6.88. The molecule has 0 radical (unpaired) electrons. The number of aromatic nitrogens is 5. The highest BCUT2D eigenvalue weighted by Gasteiger charge is 2.24. The lowest BCUT2D eigenvalue weighted by Gasteiger charge is -2.11. The molecule has 0 atom stereocenters. The Bertz CT molecular complexity index is 1770. The molecule has 3 N–H and O–H groups in total. The van der Waals surface area contributed by atoms with Crippen LogP contribution in [-0.4, -0.2) is 25.1 Å². The number of fused-ring (bicyclic) bond motifs is 2. The van der Waals surface area contributed by atoms with E-state index >= 15 is 0 Å². The molecule has 0 bridgehead atoms. The number of hydrogen-bond donors (Lipinski definition) is 3. The summed E-state index contributed by atoms with van der Waals surface area (Å²) in [6.07, 6.45) is 11.8. The monoisotopic (exact) mass is 502 g/mol. The average Bonchev–Trinajstić information content (AvgIpc) is 3.56. The Balaban J connectivity index is 1.39. The smallest absolute Gasteiger partial charge is 0.181 e. The highest BCUT2D eigenvalue weighted by atomic mass is 19.1. The van der Waals surface area contributed by atoms with Crippen LogP contribution in [0.5, 0.6) is 0 Å². The lowest BCUT2D eigenvalue weighted by Crippen LogP contribution is -2.11. The quantitative estimate of drug-likeness (QED) is 0.195. The van der Waals surface area contributed by atoms with Gasteiger partial charge in [0.15, 0.2) is 5.65 Å². The minimum atomic E-state index is -0.296. The van der Waals surface area contributed by atoms with Gasteiger partial charge in [0.05, 0.1) is 17.1 Å². The van der Waals surface area contributed by atoms with Crippen LogP contribution in [0.25, 0.3) is 50.2 Å². The maximum Gasteiger partial charge on any atom is 0.181 e. The minimum absolute atomic E-state index is 0.296. The van der Waals surface area contributed by atoms with Gasteiger partial charge < -0.3 is 10.3 Å². The van der Waals surface area contributed by atoms with Gasteiger partial charge in [0.25, 0.3) is 0 Å². The van der Waals surface area contributed by atoms with E-state index in [0.29, 0.717) is 17.3 Å². The molecule has 6 nitrogen and oxygen atoms in total. The van der Waals surface area contributed by atoms with Crippen molar-refractivity contribution in [2.24, 2.45) is 5.92 Å². The van der Waals surface area contributed by atoms with E-state index in [4.69, 9.17) is 0 Å². The van der Waals surface area contributed by atoms with Crippen molar-refractivity contribution in [1.82, 2.24) is 30.5 Å². The summed E-state index contributed by atoms with van der Waals surface area (Å²) >= 11 is 0. The molecule has 5 aromatic rings. The highest BCUT2D eigenvalue weighted by Crippen LogP contribution is 2.35. The third kappa shape index (κ3) is 4.43. The second-order valence-corrected chi connectivity index (χ2v) is 9.48. The van der Waals surface area contributed by atoms with Crippen LogP contribution in [0, 0.1) is 11.7 Å². The molecule has 1 aromatic carbocycles. The van der Waals surface area contributed by atoms with Gasteiger partial charge in [-0.05, 0) is 73.7 Å². The summed E-state index contributed by atoms with van der Waals surface area (Å²) < 4.78 is 13.9. The molecule has 38 heavy (non-hydrogen) atoms. The summed E-state index contributed by atoms with van der Waals surface area (Å²) in [7, 11) is 0. The van der Waals surface area contributed by atoms with Gasteiger partial charge in [0.2, 0.25) is 0 Å². The number of rotatable bonds is 8. The second-order valence-electron chi connectivity index (χ2n) is 9.48. The second kappa shape index (κ2) is 9.59. The maximum absolute atomic E-state index is 13.9. The van der Waals surface area contributed by atoms with Crippen LogP contribution >= 0.6 is 0 Å². The van der Waals surface area contributed by atoms with E-state index in [2.05, 4.69) is 55.8 Å². The van der Waals surface area contributed by atoms with Crippen LogP contribution in [0.4, 0.5) is 4.39 Å². The van der Waals surface area contributed by atoms with Crippen molar-refractivity contribution in [2.45, 2.75) is 19.8 Å². The largest absolute Gasteiger partial charge is 0.359 e. The number of aromatic amines is 2. The van der Waals surface area contributed by atoms with E-state index in [9.17, 15) is 4.39 Å². The summed E-state index contributed by atoms with van der Waals surface area (Å²) in [6, 6.07) is 12.5. The predicted molar refractivity (Wildman–Crippen MR) is 151 cm³/mol. The Morgan fingerprint density at radius 3 is 2.76 bits per heavy atom. The third-order valence-electron chi connectivity index (χ3n) is 6.88. The molecule has 188 valence electrons. The molecule has 4 aromatic heterocycles. The van der Waals surface area contributed by atoms with E-state index in [1.54, 1.807) is 18.3 Å². The van der Waals surface area contributed by atoms with Crippen molar-refractivity contribution >= 4 is 27.5 Å². The fourth-order valence-corrected chi connectivity index (χ4v) is 4.68. The summed E-state index contributed by atoms with van der Waals surface area (Å²) in [5.74, 6) is 0.252. The van der Waals surface area contributed by atoms with Crippen LogP contribution in [-0.2, 0) is 0 Å². The fourth-order valence-electron chi connectivity index (χ4n) is 4.68. The first-order valence-corrected chi connectivity index (χ1v) is 12.6. The Labute approximate surface area is 219 Å². The zero-order valence-corrected chi connectivity index (χ0v) is 21.1. The molecule has 7 heteroatoms. The van der Waals surface area contributed by atoms with Gasteiger partial charge in [-0.2, -0.15) is 5.10 Å². The topological polar surface area (TPSA) is 82.3 Å². The SMILES string of the molecule is C=C/C(=C\C(=C/C)c1cnc2n[nH]c(-c3cc4c(-c5cccc(F)c5)nccc4[nH]3)c2c1)NC(=C)C1CC1. The first-order valence-electron chi connectivity index (χ1n) is 12.6. The van der Waals surface area contributed by atoms with Gasteiger partial charge in [0, 0.05) is 51.2 Å². The normalized spacial score (nSPS) is 14.3. The fraction of sp³-hybridized carbons (Fsp3) is 0.129. The summed E-state index contributed by atoms with van der Waals surface area (Å²) in [6.45, 7) is 10.1. The molecule has 0 unspecified atom stereocenters. The minimum Gasteiger partial charge on any atom is -0.359 e. The Morgan fingerprint density at radius 1 is 1.13 bits per heavy atom. The number of H-pyrrole nitrogens is 2. The summed E-state index contributed by atoms with van der Waals surface area (Å²) in [5.41, 5.74) is 8.51. The highest BCUT2D eigenvalue weighted by molar-refractivity contribution is 6.00. The Morgan fingerprint density at radius 2 is 2.00 bits per heavy atom. The number of halogens is 1. The molecule has 0 saturated heterocycles. The van der Waals surface area contributed by atoms with Crippen molar-refractivity contribution in [2.75, 3.05) is 0 Å². The molecule has 0 spiro atoms. The van der Waals surface area contributed by atoms with Crippen LogP contribution in [0.2, 0.25) is 0 Å². The molecule has 1 aliphatic carbocycles. The predicted octanol–water partition coefficient (Wildman–Crippen LogP) is 7.29. The zero-order valence-electron chi connectivity index (χ0n) is 21.1. The van der Waals surface area contributed by atoms with Crippen LogP contribution in [0.1, 0.15) is 25.3 Å². The Kier molecular flexibility index (Phi) is 5.96. The number of nitrogens with zero attached hydrogens (tertiary/aromatic N) is 3. The number of pyridine rings is 2. The number of hydrogen-bond acceptors (Lipinski definition) is 4. The van der Waals surface area contributed by atoms with Crippen molar-refractivity contribution in [3.05, 3.63) is 109 Å². The number of allylic oxidation sites excluding steroid dienone is 5. The van der Waals surface area contributed by atoms with Gasteiger partial charge in [-0.3, -0.25) is 10.1 Å². The molecule has 6 rings (SSSR count). The van der Waals surface area contributed by atoms with E-state index in [1.165, 1.54) is 25.0 Å². The average molecular weight is 503 g/mol. The first kappa shape index (κ1) is 23.6.